The van der Waals surface area contributed by atoms with Gasteiger partial charge in [-0.3, -0.25) is 0 Å². The summed E-state index contributed by atoms with van der Waals surface area (Å²) in [6.45, 7) is 8.63. The van der Waals surface area contributed by atoms with Gasteiger partial charge in [0.1, 0.15) is 5.60 Å². The lowest BCUT2D eigenvalue weighted by atomic mass is 10.1. The van der Waals surface area contributed by atoms with Crippen LogP contribution in [0, 0.1) is 13.8 Å². The highest BCUT2D eigenvalue weighted by Gasteiger charge is 2.18. The summed E-state index contributed by atoms with van der Waals surface area (Å²) < 4.78 is 10.0. The van der Waals surface area contributed by atoms with Crippen molar-refractivity contribution in [2.75, 3.05) is 6.61 Å². The number of hydrogen-bond acceptors (Lipinski definition) is 4. The van der Waals surface area contributed by atoms with Gasteiger partial charge in [-0.15, -0.1) is 0 Å². The number of hydrogen-bond donors (Lipinski definition) is 0. The monoisotopic (exact) mass is 264 g/mol. The predicted molar refractivity (Wildman–Crippen MR) is 72.0 cm³/mol. The van der Waals surface area contributed by atoms with Crippen LogP contribution in [0.5, 0.6) is 0 Å². The number of benzene rings is 1. The highest BCUT2D eigenvalue weighted by molar-refractivity contribution is 5.92. The summed E-state index contributed by atoms with van der Waals surface area (Å²) in [4.78, 5) is 23.3. The van der Waals surface area contributed by atoms with Crippen molar-refractivity contribution in [2.24, 2.45) is 0 Å². The number of rotatable bonds is 3. The van der Waals surface area contributed by atoms with Gasteiger partial charge in [-0.1, -0.05) is 17.7 Å². The maximum atomic E-state index is 11.9. The molecule has 0 aromatic heterocycles. The second-order valence-electron chi connectivity index (χ2n) is 5.48. The van der Waals surface area contributed by atoms with Crippen LogP contribution >= 0.6 is 0 Å². The van der Waals surface area contributed by atoms with Crippen LogP contribution in [0.15, 0.2) is 18.2 Å². The Kier molecular flexibility index (Phi) is 4.70. The number of esters is 2. The van der Waals surface area contributed by atoms with E-state index in [0.717, 1.165) is 11.1 Å². The molecule has 0 atom stereocenters. The van der Waals surface area contributed by atoms with Crippen molar-refractivity contribution in [1.82, 2.24) is 0 Å². The Bertz CT molecular complexity index is 483. The fourth-order valence-electron chi connectivity index (χ4n) is 1.53. The molecular formula is C15H20O4. The number of carbonyl (C=O) groups is 2. The number of carbonyl (C=O) groups excluding carboxylic acids is 2. The Balaban J connectivity index is 2.61. The average Bonchev–Trinajstić information content (AvgIpc) is 2.27. The molecule has 0 saturated carbocycles. The molecule has 0 aliphatic heterocycles. The zero-order chi connectivity index (χ0) is 14.6. The third-order valence-corrected chi connectivity index (χ3v) is 2.35. The van der Waals surface area contributed by atoms with Gasteiger partial charge in [0.05, 0.1) is 5.56 Å². The lowest BCUT2D eigenvalue weighted by molar-refractivity contribution is -0.158. The Morgan fingerprint density at radius 3 is 2.37 bits per heavy atom. The molecule has 1 rings (SSSR count). The molecule has 1 aromatic rings. The molecule has 0 amide bonds. The molecule has 0 N–H and O–H groups in total. The van der Waals surface area contributed by atoms with E-state index < -0.39 is 17.5 Å². The van der Waals surface area contributed by atoms with Gasteiger partial charge in [0.15, 0.2) is 6.61 Å². The van der Waals surface area contributed by atoms with Crippen molar-refractivity contribution in [3.63, 3.8) is 0 Å². The molecule has 0 saturated heterocycles. The first-order chi connectivity index (χ1) is 8.69. The van der Waals surface area contributed by atoms with Crippen molar-refractivity contribution >= 4 is 11.9 Å². The van der Waals surface area contributed by atoms with E-state index in [1.807, 2.05) is 26.0 Å². The van der Waals surface area contributed by atoms with Crippen LogP contribution in [-0.2, 0) is 14.3 Å². The molecule has 4 nitrogen and oxygen atoms in total. The zero-order valence-electron chi connectivity index (χ0n) is 12.1. The van der Waals surface area contributed by atoms with Crippen molar-refractivity contribution in [3.8, 4) is 0 Å². The van der Waals surface area contributed by atoms with E-state index in [4.69, 9.17) is 9.47 Å². The van der Waals surface area contributed by atoms with Crippen LogP contribution in [0.4, 0.5) is 0 Å². The zero-order valence-corrected chi connectivity index (χ0v) is 12.1. The van der Waals surface area contributed by atoms with Crippen LogP contribution < -0.4 is 0 Å². The summed E-state index contributed by atoms with van der Waals surface area (Å²) in [5.41, 5.74) is 1.68. The molecule has 0 bridgehead atoms. The summed E-state index contributed by atoms with van der Waals surface area (Å²) in [5.74, 6) is -1.06. The van der Waals surface area contributed by atoms with Crippen LogP contribution in [0.2, 0.25) is 0 Å². The van der Waals surface area contributed by atoms with Crippen molar-refractivity contribution < 1.29 is 19.1 Å². The topological polar surface area (TPSA) is 52.6 Å². The Labute approximate surface area is 113 Å². The van der Waals surface area contributed by atoms with Crippen LogP contribution in [0.25, 0.3) is 0 Å². The van der Waals surface area contributed by atoms with Crippen molar-refractivity contribution in [3.05, 3.63) is 34.9 Å². The van der Waals surface area contributed by atoms with E-state index in [-0.39, 0.29) is 6.61 Å². The van der Waals surface area contributed by atoms with Gasteiger partial charge >= 0.3 is 11.9 Å². The van der Waals surface area contributed by atoms with Gasteiger partial charge in [-0.2, -0.15) is 0 Å². The third kappa shape index (κ3) is 5.12. The van der Waals surface area contributed by atoms with Gasteiger partial charge in [0.25, 0.3) is 0 Å². The largest absolute Gasteiger partial charge is 0.457 e. The third-order valence-electron chi connectivity index (χ3n) is 2.35. The molecular weight excluding hydrogens is 244 g/mol. The molecule has 104 valence electrons. The molecule has 0 radical (unpaired) electrons. The molecule has 0 heterocycles. The van der Waals surface area contributed by atoms with Crippen LogP contribution in [-0.4, -0.2) is 24.1 Å². The van der Waals surface area contributed by atoms with E-state index in [0.29, 0.717) is 5.56 Å². The summed E-state index contributed by atoms with van der Waals surface area (Å²) >= 11 is 0. The SMILES string of the molecule is Cc1ccc(C)c(C(=O)OCC(=O)OC(C)(C)C)c1. The minimum Gasteiger partial charge on any atom is -0.457 e. The van der Waals surface area contributed by atoms with Gasteiger partial charge in [-0.25, -0.2) is 9.59 Å². The number of aryl methyl sites for hydroxylation is 2. The summed E-state index contributed by atoms with van der Waals surface area (Å²) in [7, 11) is 0. The lowest BCUT2D eigenvalue weighted by Gasteiger charge is -2.19. The van der Waals surface area contributed by atoms with Crippen molar-refractivity contribution in [1.29, 1.82) is 0 Å². The minimum atomic E-state index is -0.581. The second kappa shape index (κ2) is 5.87. The molecule has 0 fully saturated rings. The Morgan fingerprint density at radius 1 is 1.16 bits per heavy atom. The van der Waals surface area contributed by atoms with E-state index in [2.05, 4.69) is 0 Å². The average molecular weight is 264 g/mol. The molecule has 19 heavy (non-hydrogen) atoms. The van der Waals surface area contributed by atoms with E-state index >= 15 is 0 Å². The maximum absolute atomic E-state index is 11.9. The molecule has 0 spiro atoms. The van der Waals surface area contributed by atoms with Crippen LogP contribution in [0.1, 0.15) is 42.3 Å². The van der Waals surface area contributed by atoms with E-state index in [9.17, 15) is 9.59 Å². The highest BCUT2D eigenvalue weighted by Crippen LogP contribution is 2.12. The fraction of sp³-hybridized carbons (Fsp3) is 0.467. The first-order valence-corrected chi connectivity index (χ1v) is 6.15. The molecule has 1 aromatic carbocycles. The predicted octanol–water partition coefficient (Wildman–Crippen LogP) is 2.80. The van der Waals surface area contributed by atoms with Gasteiger partial charge in [-0.05, 0) is 46.2 Å². The maximum Gasteiger partial charge on any atom is 0.344 e. The highest BCUT2D eigenvalue weighted by atomic mass is 16.6. The Morgan fingerprint density at radius 2 is 1.79 bits per heavy atom. The van der Waals surface area contributed by atoms with Gasteiger partial charge < -0.3 is 9.47 Å². The van der Waals surface area contributed by atoms with E-state index in [1.165, 1.54) is 0 Å². The number of ether oxygens (including phenoxy) is 2. The molecule has 0 aliphatic rings. The summed E-state index contributed by atoms with van der Waals surface area (Å²) in [6.07, 6.45) is 0. The second-order valence-corrected chi connectivity index (χ2v) is 5.48. The summed E-state index contributed by atoms with van der Waals surface area (Å²) in [6, 6.07) is 5.51. The van der Waals surface area contributed by atoms with Gasteiger partial charge in [0.2, 0.25) is 0 Å². The minimum absolute atomic E-state index is 0.372. The fourth-order valence-corrected chi connectivity index (χ4v) is 1.53. The van der Waals surface area contributed by atoms with E-state index in [1.54, 1.807) is 26.8 Å². The Hall–Kier alpha value is -1.84. The van der Waals surface area contributed by atoms with Crippen molar-refractivity contribution in [2.45, 2.75) is 40.2 Å². The lowest BCUT2D eigenvalue weighted by Crippen LogP contribution is -2.27. The first kappa shape index (κ1) is 15.2. The quantitative estimate of drug-likeness (QED) is 0.788. The first-order valence-electron chi connectivity index (χ1n) is 6.15. The summed E-state index contributed by atoms with van der Waals surface area (Å²) in [5, 5.41) is 0. The molecule has 0 unspecified atom stereocenters. The normalized spacial score (nSPS) is 11.0. The molecule has 4 heteroatoms. The van der Waals surface area contributed by atoms with Gasteiger partial charge in [0, 0.05) is 0 Å². The molecule has 0 aliphatic carbocycles. The smallest absolute Gasteiger partial charge is 0.344 e. The van der Waals surface area contributed by atoms with Crippen LogP contribution in [0.3, 0.4) is 0 Å². The standard InChI is InChI=1S/C15H20O4/c1-10-6-7-11(2)12(8-10)14(17)18-9-13(16)19-15(3,4)5/h6-8H,9H2,1-5H3.